The summed E-state index contributed by atoms with van der Waals surface area (Å²) < 4.78 is 5.52. The Labute approximate surface area is 108 Å². The van der Waals surface area contributed by atoms with E-state index < -0.39 is 11.6 Å². The van der Waals surface area contributed by atoms with E-state index in [0.717, 1.165) is 0 Å². The first-order valence-corrected chi connectivity index (χ1v) is 6.15. The zero-order valence-corrected chi connectivity index (χ0v) is 11.1. The summed E-state index contributed by atoms with van der Waals surface area (Å²) >= 11 is 0. The van der Waals surface area contributed by atoms with Crippen LogP contribution < -0.4 is 10.1 Å². The number of para-hydroxylation sites is 1. The van der Waals surface area contributed by atoms with E-state index in [1.165, 1.54) is 0 Å². The minimum atomic E-state index is -0.593. The van der Waals surface area contributed by atoms with Gasteiger partial charge in [0.25, 0.3) is 5.91 Å². The largest absolute Gasteiger partial charge is 0.481 e. The van der Waals surface area contributed by atoms with Crippen molar-refractivity contribution in [2.45, 2.75) is 38.8 Å². The molecule has 1 amide bonds. The fraction of sp³-hybridized carbons (Fsp3) is 0.500. The number of aliphatic hydroxyl groups excluding tert-OH is 1. The van der Waals surface area contributed by atoms with Crippen LogP contribution in [0.1, 0.15) is 27.2 Å². The highest BCUT2D eigenvalue weighted by Gasteiger charge is 2.26. The molecule has 100 valence electrons. The van der Waals surface area contributed by atoms with Crippen LogP contribution in [0.25, 0.3) is 0 Å². The quantitative estimate of drug-likeness (QED) is 0.809. The molecule has 0 bridgehead atoms. The minimum absolute atomic E-state index is 0.0900. The van der Waals surface area contributed by atoms with Gasteiger partial charge >= 0.3 is 0 Å². The highest BCUT2D eigenvalue weighted by atomic mass is 16.5. The van der Waals surface area contributed by atoms with Gasteiger partial charge in [-0.3, -0.25) is 4.79 Å². The molecule has 1 rings (SSSR count). The molecule has 4 nitrogen and oxygen atoms in total. The van der Waals surface area contributed by atoms with Crippen molar-refractivity contribution in [3.8, 4) is 5.75 Å². The molecule has 0 radical (unpaired) electrons. The minimum Gasteiger partial charge on any atom is -0.481 e. The van der Waals surface area contributed by atoms with Crippen LogP contribution in [0.4, 0.5) is 0 Å². The topological polar surface area (TPSA) is 58.6 Å². The third kappa shape index (κ3) is 4.04. The van der Waals surface area contributed by atoms with Crippen molar-refractivity contribution in [1.82, 2.24) is 5.32 Å². The van der Waals surface area contributed by atoms with E-state index >= 15 is 0 Å². The van der Waals surface area contributed by atoms with E-state index in [0.29, 0.717) is 12.2 Å². The summed E-state index contributed by atoms with van der Waals surface area (Å²) in [5.74, 6) is 0.430. The second-order valence-electron chi connectivity index (χ2n) is 4.63. The molecule has 0 fully saturated rings. The van der Waals surface area contributed by atoms with Crippen LogP contribution in [-0.2, 0) is 4.79 Å². The third-order valence-corrected chi connectivity index (χ3v) is 2.98. The van der Waals surface area contributed by atoms with Crippen molar-refractivity contribution in [2.75, 3.05) is 6.61 Å². The molecule has 18 heavy (non-hydrogen) atoms. The fourth-order valence-electron chi connectivity index (χ4n) is 1.40. The molecule has 0 saturated carbocycles. The molecular weight excluding hydrogens is 230 g/mol. The Morgan fingerprint density at radius 1 is 1.44 bits per heavy atom. The van der Waals surface area contributed by atoms with Gasteiger partial charge in [0, 0.05) is 0 Å². The van der Waals surface area contributed by atoms with Gasteiger partial charge in [-0.2, -0.15) is 0 Å². The fourth-order valence-corrected chi connectivity index (χ4v) is 1.40. The Morgan fingerprint density at radius 3 is 2.56 bits per heavy atom. The van der Waals surface area contributed by atoms with Gasteiger partial charge in [0.1, 0.15) is 5.75 Å². The number of benzene rings is 1. The van der Waals surface area contributed by atoms with E-state index in [-0.39, 0.29) is 12.5 Å². The Hall–Kier alpha value is -1.55. The van der Waals surface area contributed by atoms with E-state index in [4.69, 9.17) is 4.74 Å². The number of aliphatic hydroxyl groups is 1. The SMILES string of the molecule is CCC(C)(CO)NC(=O)C(C)Oc1ccccc1. The number of hydrogen-bond acceptors (Lipinski definition) is 3. The summed E-state index contributed by atoms with van der Waals surface area (Å²) in [6.45, 7) is 5.32. The summed E-state index contributed by atoms with van der Waals surface area (Å²) in [6, 6.07) is 9.19. The first kappa shape index (κ1) is 14.5. The first-order valence-electron chi connectivity index (χ1n) is 6.15. The predicted molar refractivity (Wildman–Crippen MR) is 70.5 cm³/mol. The highest BCUT2D eigenvalue weighted by Crippen LogP contribution is 2.12. The van der Waals surface area contributed by atoms with E-state index in [1.807, 2.05) is 25.1 Å². The van der Waals surface area contributed by atoms with Gasteiger partial charge in [0.2, 0.25) is 0 Å². The number of carbonyl (C=O) groups excluding carboxylic acids is 1. The zero-order chi connectivity index (χ0) is 13.6. The Morgan fingerprint density at radius 2 is 2.06 bits per heavy atom. The highest BCUT2D eigenvalue weighted by molar-refractivity contribution is 5.81. The summed E-state index contributed by atoms with van der Waals surface area (Å²) in [4.78, 5) is 11.9. The van der Waals surface area contributed by atoms with Crippen LogP contribution in [0.3, 0.4) is 0 Å². The Bertz CT molecular complexity index is 374. The average Bonchev–Trinajstić information content (AvgIpc) is 2.39. The molecule has 2 atom stereocenters. The molecule has 0 aromatic heterocycles. The van der Waals surface area contributed by atoms with Crippen LogP contribution in [0.15, 0.2) is 30.3 Å². The smallest absolute Gasteiger partial charge is 0.261 e. The standard InChI is InChI=1S/C14H21NO3/c1-4-14(3,10-16)15-13(17)11(2)18-12-8-6-5-7-9-12/h5-9,11,16H,4,10H2,1-3H3,(H,15,17). The lowest BCUT2D eigenvalue weighted by molar-refractivity contribution is -0.129. The number of ether oxygens (including phenoxy) is 1. The second kappa shape index (κ2) is 6.40. The molecule has 0 aliphatic rings. The van der Waals surface area contributed by atoms with Crippen molar-refractivity contribution < 1.29 is 14.6 Å². The van der Waals surface area contributed by atoms with Crippen molar-refractivity contribution in [2.24, 2.45) is 0 Å². The number of amides is 1. The number of carbonyl (C=O) groups is 1. The molecule has 0 spiro atoms. The summed E-state index contributed by atoms with van der Waals surface area (Å²) in [5.41, 5.74) is -0.592. The zero-order valence-electron chi connectivity index (χ0n) is 11.1. The van der Waals surface area contributed by atoms with Crippen LogP contribution in [0.2, 0.25) is 0 Å². The van der Waals surface area contributed by atoms with E-state index in [9.17, 15) is 9.90 Å². The van der Waals surface area contributed by atoms with Crippen LogP contribution >= 0.6 is 0 Å². The summed E-state index contributed by atoms with van der Waals surface area (Å²) in [5, 5.41) is 12.0. The maximum absolute atomic E-state index is 11.9. The molecule has 1 aromatic carbocycles. The lowest BCUT2D eigenvalue weighted by atomic mass is 10.00. The Kier molecular flexibility index (Phi) is 5.16. The molecule has 1 aromatic rings. The van der Waals surface area contributed by atoms with Gasteiger partial charge < -0.3 is 15.2 Å². The normalized spacial score (nSPS) is 15.6. The second-order valence-corrected chi connectivity index (χ2v) is 4.63. The Balaban J connectivity index is 2.57. The van der Waals surface area contributed by atoms with Crippen LogP contribution in [-0.4, -0.2) is 29.3 Å². The van der Waals surface area contributed by atoms with Gasteiger partial charge in [-0.05, 0) is 32.4 Å². The van der Waals surface area contributed by atoms with Gasteiger partial charge in [0.05, 0.1) is 12.1 Å². The molecule has 0 aliphatic heterocycles. The predicted octanol–water partition coefficient (Wildman–Crippen LogP) is 1.73. The number of nitrogens with one attached hydrogen (secondary N) is 1. The molecule has 0 aliphatic carbocycles. The maximum Gasteiger partial charge on any atom is 0.261 e. The average molecular weight is 251 g/mol. The molecular formula is C14H21NO3. The van der Waals surface area contributed by atoms with Gasteiger partial charge in [-0.25, -0.2) is 0 Å². The monoisotopic (exact) mass is 251 g/mol. The van der Waals surface area contributed by atoms with Crippen molar-refractivity contribution >= 4 is 5.91 Å². The summed E-state index contributed by atoms with van der Waals surface area (Å²) in [6.07, 6.45) is 0.0673. The van der Waals surface area contributed by atoms with E-state index in [1.54, 1.807) is 26.0 Å². The van der Waals surface area contributed by atoms with Crippen molar-refractivity contribution in [3.05, 3.63) is 30.3 Å². The number of rotatable bonds is 6. The van der Waals surface area contributed by atoms with Gasteiger partial charge in [-0.1, -0.05) is 25.1 Å². The molecule has 0 saturated heterocycles. The van der Waals surface area contributed by atoms with Crippen LogP contribution in [0.5, 0.6) is 5.75 Å². The van der Waals surface area contributed by atoms with Gasteiger partial charge in [-0.15, -0.1) is 0 Å². The number of hydrogen-bond donors (Lipinski definition) is 2. The lowest BCUT2D eigenvalue weighted by Gasteiger charge is -2.28. The van der Waals surface area contributed by atoms with Gasteiger partial charge in [0.15, 0.2) is 6.10 Å². The van der Waals surface area contributed by atoms with Crippen LogP contribution in [0, 0.1) is 0 Å². The summed E-state index contributed by atoms with van der Waals surface area (Å²) in [7, 11) is 0. The maximum atomic E-state index is 11.9. The third-order valence-electron chi connectivity index (χ3n) is 2.98. The van der Waals surface area contributed by atoms with Crippen molar-refractivity contribution in [1.29, 1.82) is 0 Å². The molecule has 4 heteroatoms. The molecule has 2 N–H and O–H groups in total. The molecule has 0 heterocycles. The van der Waals surface area contributed by atoms with Crippen molar-refractivity contribution in [3.63, 3.8) is 0 Å². The molecule has 2 unspecified atom stereocenters. The first-order chi connectivity index (χ1) is 8.50. The van der Waals surface area contributed by atoms with E-state index in [2.05, 4.69) is 5.32 Å². The lowest BCUT2D eigenvalue weighted by Crippen LogP contribution is -2.52.